The summed E-state index contributed by atoms with van der Waals surface area (Å²) in [5.74, 6) is -3.69. The van der Waals surface area contributed by atoms with E-state index in [9.17, 15) is 18.4 Å². The number of carbonyl (C=O) groups excluding carboxylic acids is 2. The van der Waals surface area contributed by atoms with Crippen molar-refractivity contribution in [2.45, 2.75) is 25.7 Å². The number of ether oxygens (including phenoxy) is 1. The molecule has 0 saturated carbocycles. The van der Waals surface area contributed by atoms with Crippen LogP contribution in [0.25, 0.3) is 0 Å². The summed E-state index contributed by atoms with van der Waals surface area (Å²) in [6.07, 6.45) is -0.0962. The van der Waals surface area contributed by atoms with Crippen LogP contribution in [0.4, 0.5) is 8.78 Å². The van der Waals surface area contributed by atoms with E-state index in [0.29, 0.717) is 26.1 Å². The smallest absolute Gasteiger partial charge is 0.266 e. The summed E-state index contributed by atoms with van der Waals surface area (Å²) in [6.45, 7) is 2.01. The molecule has 2 saturated heterocycles. The predicted molar refractivity (Wildman–Crippen MR) is 67.3 cm³/mol. The Balaban J connectivity index is 2.17. The number of alkyl halides is 2. The molecule has 2 aliphatic heterocycles. The third kappa shape index (κ3) is 2.77. The van der Waals surface area contributed by atoms with E-state index in [1.54, 1.807) is 4.90 Å². The van der Waals surface area contributed by atoms with Crippen LogP contribution in [0.3, 0.4) is 0 Å². The van der Waals surface area contributed by atoms with Gasteiger partial charge in [0.2, 0.25) is 11.8 Å². The average molecular weight is 290 g/mol. The van der Waals surface area contributed by atoms with Gasteiger partial charge in [-0.15, -0.1) is 0 Å². The molecule has 0 aromatic carbocycles. The molecule has 2 aliphatic rings. The lowest BCUT2D eigenvalue weighted by molar-refractivity contribution is -0.162. The second-order valence-electron chi connectivity index (χ2n) is 5.72. The van der Waals surface area contributed by atoms with Crippen molar-refractivity contribution in [2.24, 2.45) is 5.41 Å². The van der Waals surface area contributed by atoms with Gasteiger partial charge >= 0.3 is 0 Å². The Morgan fingerprint density at radius 3 is 2.70 bits per heavy atom. The zero-order chi connectivity index (χ0) is 15.0. The Labute approximate surface area is 116 Å². The number of piperidine rings is 1. The molecule has 114 valence electrons. The number of carbonyl (C=O) groups is 2. The first-order valence-corrected chi connectivity index (χ1v) is 6.71. The number of likely N-dealkylation sites (tertiary alicyclic amines) is 2. The second kappa shape index (κ2) is 5.27. The number of methoxy groups -OCH3 is 1. The highest BCUT2D eigenvalue weighted by molar-refractivity contribution is 5.86. The first-order chi connectivity index (χ1) is 9.30. The van der Waals surface area contributed by atoms with Crippen LogP contribution in [0.1, 0.15) is 19.8 Å². The molecule has 0 aromatic heterocycles. The third-order valence-electron chi connectivity index (χ3n) is 4.12. The SMILES string of the molecule is COCCN1CCC2(CN(C(C)=O)CC(F)(F)C2)C1=O. The highest BCUT2D eigenvalue weighted by Gasteiger charge is 2.57. The van der Waals surface area contributed by atoms with Gasteiger partial charge in [-0.05, 0) is 6.42 Å². The van der Waals surface area contributed by atoms with Gasteiger partial charge in [-0.2, -0.15) is 0 Å². The lowest BCUT2D eigenvalue weighted by atomic mass is 9.77. The van der Waals surface area contributed by atoms with Gasteiger partial charge in [0.25, 0.3) is 5.92 Å². The molecule has 2 amide bonds. The first-order valence-electron chi connectivity index (χ1n) is 6.71. The molecule has 2 rings (SSSR count). The summed E-state index contributed by atoms with van der Waals surface area (Å²) >= 11 is 0. The van der Waals surface area contributed by atoms with E-state index in [-0.39, 0.29) is 12.5 Å². The van der Waals surface area contributed by atoms with E-state index in [1.165, 1.54) is 14.0 Å². The Morgan fingerprint density at radius 2 is 2.10 bits per heavy atom. The van der Waals surface area contributed by atoms with Gasteiger partial charge in [0.15, 0.2) is 0 Å². The molecular weight excluding hydrogens is 270 g/mol. The third-order valence-corrected chi connectivity index (χ3v) is 4.12. The number of halogens is 2. The minimum Gasteiger partial charge on any atom is -0.383 e. The molecule has 5 nitrogen and oxygen atoms in total. The fourth-order valence-electron chi connectivity index (χ4n) is 3.15. The van der Waals surface area contributed by atoms with Gasteiger partial charge in [0, 0.05) is 40.1 Å². The summed E-state index contributed by atoms with van der Waals surface area (Å²) in [4.78, 5) is 26.5. The lowest BCUT2D eigenvalue weighted by Gasteiger charge is -2.42. The Kier molecular flexibility index (Phi) is 4.00. The van der Waals surface area contributed by atoms with E-state index in [1.807, 2.05) is 0 Å². The topological polar surface area (TPSA) is 49.9 Å². The van der Waals surface area contributed by atoms with Crippen LogP contribution in [-0.4, -0.2) is 67.4 Å². The van der Waals surface area contributed by atoms with Gasteiger partial charge in [-0.3, -0.25) is 9.59 Å². The predicted octanol–water partition coefficient (Wildman–Crippen LogP) is 0.739. The molecule has 2 heterocycles. The van der Waals surface area contributed by atoms with Gasteiger partial charge < -0.3 is 14.5 Å². The molecule has 0 radical (unpaired) electrons. The molecule has 1 spiro atoms. The Hall–Kier alpha value is -1.24. The summed E-state index contributed by atoms with van der Waals surface area (Å²) in [5.41, 5.74) is -1.12. The first kappa shape index (κ1) is 15.2. The molecule has 1 atom stereocenters. The maximum absolute atomic E-state index is 13.9. The van der Waals surface area contributed by atoms with Crippen LogP contribution in [0.2, 0.25) is 0 Å². The molecule has 2 fully saturated rings. The van der Waals surface area contributed by atoms with Crippen molar-refractivity contribution >= 4 is 11.8 Å². The summed E-state index contributed by atoms with van der Waals surface area (Å²) in [7, 11) is 1.53. The molecule has 7 heteroatoms. The lowest BCUT2D eigenvalue weighted by Crippen LogP contribution is -2.56. The number of rotatable bonds is 3. The van der Waals surface area contributed by atoms with Crippen LogP contribution >= 0.6 is 0 Å². The normalized spacial score (nSPS) is 29.3. The summed E-state index contributed by atoms with van der Waals surface area (Å²) < 4.78 is 32.7. The van der Waals surface area contributed by atoms with Crippen molar-refractivity contribution in [3.05, 3.63) is 0 Å². The van der Waals surface area contributed by atoms with Crippen LogP contribution in [0.5, 0.6) is 0 Å². The largest absolute Gasteiger partial charge is 0.383 e. The van der Waals surface area contributed by atoms with Crippen molar-refractivity contribution in [3.63, 3.8) is 0 Å². The highest BCUT2D eigenvalue weighted by Crippen LogP contribution is 2.45. The maximum Gasteiger partial charge on any atom is 0.266 e. The maximum atomic E-state index is 13.9. The van der Waals surface area contributed by atoms with Crippen molar-refractivity contribution in [3.8, 4) is 0 Å². The van der Waals surface area contributed by atoms with E-state index < -0.39 is 30.2 Å². The number of hydrogen-bond donors (Lipinski definition) is 0. The minimum absolute atomic E-state index is 0.0975. The Bertz CT molecular complexity index is 416. The molecule has 1 unspecified atom stereocenters. The zero-order valence-corrected chi connectivity index (χ0v) is 11.8. The molecular formula is C13H20F2N2O3. The Morgan fingerprint density at radius 1 is 1.40 bits per heavy atom. The molecule has 0 aliphatic carbocycles. The number of hydrogen-bond acceptors (Lipinski definition) is 3. The van der Waals surface area contributed by atoms with E-state index >= 15 is 0 Å². The van der Waals surface area contributed by atoms with Gasteiger partial charge in [-0.1, -0.05) is 0 Å². The van der Waals surface area contributed by atoms with Gasteiger partial charge in [0.05, 0.1) is 18.6 Å². The van der Waals surface area contributed by atoms with E-state index in [4.69, 9.17) is 4.74 Å². The summed E-state index contributed by atoms with van der Waals surface area (Å²) in [5, 5.41) is 0. The highest BCUT2D eigenvalue weighted by atomic mass is 19.3. The number of amides is 2. The molecule has 0 bridgehead atoms. The molecule has 20 heavy (non-hydrogen) atoms. The van der Waals surface area contributed by atoms with Crippen molar-refractivity contribution in [1.82, 2.24) is 9.80 Å². The summed E-state index contributed by atoms with van der Waals surface area (Å²) in [6, 6.07) is 0. The van der Waals surface area contributed by atoms with Crippen LogP contribution in [0.15, 0.2) is 0 Å². The van der Waals surface area contributed by atoms with E-state index in [0.717, 1.165) is 4.90 Å². The van der Waals surface area contributed by atoms with Crippen LogP contribution in [-0.2, 0) is 14.3 Å². The molecule has 0 N–H and O–H groups in total. The van der Waals surface area contributed by atoms with E-state index in [2.05, 4.69) is 0 Å². The van der Waals surface area contributed by atoms with Gasteiger partial charge in [0.1, 0.15) is 0 Å². The van der Waals surface area contributed by atoms with Crippen molar-refractivity contribution in [2.75, 3.05) is 39.9 Å². The fourth-order valence-corrected chi connectivity index (χ4v) is 3.15. The molecule has 0 aromatic rings. The van der Waals surface area contributed by atoms with Crippen molar-refractivity contribution < 1.29 is 23.1 Å². The quantitative estimate of drug-likeness (QED) is 0.770. The standard InChI is InChI=1S/C13H20F2N2O3/c1-10(18)17-8-12(7-13(14,15)9-17)3-4-16(11(12)19)5-6-20-2/h3-9H2,1-2H3. The minimum atomic E-state index is -3.00. The van der Waals surface area contributed by atoms with Gasteiger partial charge in [-0.25, -0.2) is 8.78 Å². The van der Waals surface area contributed by atoms with Crippen LogP contribution < -0.4 is 0 Å². The van der Waals surface area contributed by atoms with Crippen LogP contribution in [0, 0.1) is 5.41 Å². The fraction of sp³-hybridized carbons (Fsp3) is 0.846. The number of nitrogens with zero attached hydrogens (tertiary/aromatic N) is 2. The average Bonchev–Trinajstić information content (AvgIpc) is 2.62. The zero-order valence-electron chi connectivity index (χ0n) is 11.8. The monoisotopic (exact) mass is 290 g/mol. The second-order valence-corrected chi connectivity index (χ2v) is 5.72. The van der Waals surface area contributed by atoms with Crippen molar-refractivity contribution in [1.29, 1.82) is 0 Å².